The van der Waals surface area contributed by atoms with Gasteiger partial charge in [0.1, 0.15) is 5.82 Å². The van der Waals surface area contributed by atoms with Crippen molar-refractivity contribution in [3.63, 3.8) is 0 Å². The molecule has 0 saturated heterocycles. The molecule has 4 heteroatoms. The van der Waals surface area contributed by atoms with Gasteiger partial charge in [-0.25, -0.2) is 4.39 Å². The van der Waals surface area contributed by atoms with E-state index in [-0.39, 0.29) is 17.8 Å². The summed E-state index contributed by atoms with van der Waals surface area (Å²) in [6.45, 7) is 2.70. The van der Waals surface area contributed by atoms with Crippen molar-refractivity contribution < 1.29 is 9.13 Å². The highest BCUT2D eigenvalue weighted by molar-refractivity contribution is 6.30. The molecule has 0 bridgehead atoms. The number of pyridine rings is 1. The Kier molecular flexibility index (Phi) is 8.21. The highest BCUT2D eigenvalue weighted by atomic mass is 35.5. The van der Waals surface area contributed by atoms with Crippen LogP contribution in [0.25, 0.3) is 0 Å². The highest BCUT2D eigenvalue weighted by Gasteiger charge is 2.24. The third-order valence-corrected chi connectivity index (χ3v) is 5.38. The first-order valence-corrected chi connectivity index (χ1v) is 10.5. The maximum Gasteiger partial charge on any atom is 0.123 e. The highest BCUT2D eigenvalue weighted by Crippen LogP contribution is 2.33. The summed E-state index contributed by atoms with van der Waals surface area (Å²) in [4.78, 5) is 4.31. The predicted octanol–water partition coefficient (Wildman–Crippen LogP) is 7.18. The number of unbranched alkanes of at least 4 members (excludes halogenated alkanes) is 1. The van der Waals surface area contributed by atoms with Crippen LogP contribution in [0.2, 0.25) is 5.02 Å². The Labute approximate surface area is 177 Å². The summed E-state index contributed by atoms with van der Waals surface area (Å²) in [5.74, 6) is 0.0681. The summed E-state index contributed by atoms with van der Waals surface area (Å²) in [7, 11) is 0. The lowest BCUT2D eigenvalue weighted by Crippen LogP contribution is -2.19. The van der Waals surface area contributed by atoms with Gasteiger partial charge in [-0.2, -0.15) is 0 Å². The van der Waals surface area contributed by atoms with E-state index in [2.05, 4.69) is 18.0 Å². The quantitative estimate of drug-likeness (QED) is 0.352. The predicted molar refractivity (Wildman–Crippen MR) is 116 cm³/mol. The molecule has 0 aliphatic rings. The van der Waals surface area contributed by atoms with E-state index in [4.69, 9.17) is 16.3 Å². The lowest BCUT2D eigenvalue weighted by molar-refractivity contribution is -0.00472. The lowest BCUT2D eigenvalue weighted by Gasteiger charge is -2.28. The van der Waals surface area contributed by atoms with Crippen molar-refractivity contribution in [1.29, 1.82) is 0 Å². The summed E-state index contributed by atoms with van der Waals surface area (Å²) in [5.41, 5.74) is 3.28. The number of hydrogen-bond acceptors (Lipinski definition) is 2. The van der Waals surface area contributed by atoms with E-state index < -0.39 is 0 Å². The average molecular weight is 412 g/mol. The molecule has 0 radical (unpaired) electrons. The zero-order valence-electron chi connectivity index (χ0n) is 16.7. The number of aromatic nitrogens is 1. The minimum atomic E-state index is -0.207. The Balaban J connectivity index is 1.82. The van der Waals surface area contributed by atoms with Crippen LogP contribution in [-0.4, -0.2) is 4.98 Å². The van der Waals surface area contributed by atoms with E-state index in [1.54, 1.807) is 6.20 Å². The van der Waals surface area contributed by atoms with Crippen LogP contribution in [-0.2, 0) is 17.8 Å². The Morgan fingerprint density at radius 3 is 2.38 bits per heavy atom. The second kappa shape index (κ2) is 11.1. The molecule has 0 aliphatic heterocycles. The second-order valence-electron chi connectivity index (χ2n) is 7.38. The molecule has 1 heterocycles. The van der Waals surface area contributed by atoms with Crippen molar-refractivity contribution in [3.8, 4) is 0 Å². The molecular formula is C25H27ClFNO. The van der Waals surface area contributed by atoms with E-state index >= 15 is 0 Å². The first kappa shape index (κ1) is 21.5. The number of nitrogens with zero attached hydrogens (tertiary/aromatic N) is 1. The van der Waals surface area contributed by atoms with Crippen molar-refractivity contribution in [3.05, 3.63) is 101 Å². The molecule has 0 fully saturated rings. The molecule has 2 aromatic carbocycles. The first-order valence-electron chi connectivity index (χ1n) is 10.2. The smallest absolute Gasteiger partial charge is 0.123 e. The van der Waals surface area contributed by atoms with Crippen molar-refractivity contribution in [2.24, 2.45) is 5.92 Å². The number of halogens is 2. The van der Waals surface area contributed by atoms with E-state index in [0.717, 1.165) is 47.4 Å². The van der Waals surface area contributed by atoms with Crippen molar-refractivity contribution in [1.82, 2.24) is 4.98 Å². The summed E-state index contributed by atoms with van der Waals surface area (Å²) < 4.78 is 19.8. The molecule has 0 N–H and O–H groups in total. The maximum absolute atomic E-state index is 13.3. The number of hydrogen-bond donors (Lipinski definition) is 0. The van der Waals surface area contributed by atoms with E-state index in [1.807, 2.05) is 48.7 Å². The minimum Gasteiger partial charge on any atom is -0.368 e. The summed E-state index contributed by atoms with van der Waals surface area (Å²) in [6, 6.07) is 18.6. The molecule has 0 amide bonds. The van der Waals surface area contributed by atoms with Crippen LogP contribution in [0, 0.1) is 11.7 Å². The van der Waals surface area contributed by atoms with Crippen LogP contribution in [0.15, 0.2) is 73.1 Å². The molecular weight excluding hydrogens is 385 g/mol. The van der Waals surface area contributed by atoms with Gasteiger partial charge in [0.15, 0.2) is 0 Å². The fraction of sp³-hybridized carbons (Fsp3) is 0.320. The molecule has 3 rings (SSSR count). The Bertz CT molecular complexity index is 852. The van der Waals surface area contributed by atoms with Crippen LogP contribution >= 0.6 is 11.6 Å². The van der Waals surface area contributed by atoms with Gasteiger partial charge in [0.2, 0.25) is 0 Å². The van der Waals surface area contributed by atoms with Crippen LogP contribution in [0.4, 0.5) is 4.39 Å². The zero-order valence-corrected chi connectivity index (χ0v) is 17.5. The van der Waals surface area contributed by atoms with Crippen molar-refractivity contribution in [2.45, 2.75) is 45.3 Å². The number of benzene rings is 2. The monoisotopic (exact) mass is 411 g/mol. The maximum atomic E-state index is 13.3. The molecule has 0 aliphatic carbocycles. The topological polar surface area (TPSA) is 22.1 Å². The average Bonchev–Trinajstić information content (AvgIpc) is 2.75. The minimum absolute atomic E-state index is 0.0871. The summed E-state index contributed by atoms with van der Waals surface area (Å²) in [5, 5.41) is 0.717. The van der Waals surface area contributed by atoms with Gasteiger partial charge in [-0.1, -0.05) is 61.7 Å². The fourth-order valence-electron chi connectivity index (χ4n) is 3.57. The van der Waals surface area contributed by atoms with Gasteiger partial charge in [0.25, 0.3) is 0 Å². The van der Waals surface area contributed by atoms with Gasteiger partial charge in [-0.3, -0.25) is 4.98 Å². The molecule has 2 nitrogen and oxygen atoms in total. The SMILES string of the molecule is CCCCC(Cc1ccc(F)cc1)C(OCc1ccc(Cl)cc1)c1cccnc1. The van der Waals surface area contributed by atoms with Gasteiger partial charge in [0.05, 0.1) is 12.7 Å². The van der Waals surface area contributed by atoms with Crippen LogP contribution < -0.4 is 0 Å². The van der Waals surface area contributed by atoms with Crippen LogP contribution in [0.3, 0.4) is 0 Å². The Hall–Kier alpha value is -2.23. The molecule has 29 heavy (non-hydrogen) atoms. The Morgan fingerprint density at radius 2 is 1.72 bits per heavy atom. The van der Waals surface area contributed by atoms with Gasteiger partial charge in [-0.05, 0) is 65.8 Å². The number of ether oxygens (including phenoxy) is 1. The fourth-order valence-corrected chi connectivity index (χ4v) is 3.69. The third-order valence-electron chi connectivity index (χ3n) is 5.12. The van der Waals surface area contributed by atoms with Crippen molar-refractivity contribution in [2.75, 3.05) is 0 Å². The van der Waals surface area contributed by atoms with E-state index in [0.29, 0.717) is 6.61 Å². The first-order chi connectivity index (χ1) is 14.2. The standard InChI is InChI=1S/C25H27ClFNO/c1-2-3-5-21(16-19-9-13-24(27)14-10-19)25(22-6-4-15-28-17-22)29-18-20-7-11-23(26)12-8-20/h4,6-15,17,21,25H,2-3,5,16,18H2,1H3. The molecule has 1 aromatic heterocycles. The van der Waals surface area contributed by atoms with Crippen molar-refractivity contribution >= 4 is 11.6 Å². The molecule has 3 aromatic rings. The van der Waals surface area contributed by atoms with E-state index in [9.17, 15) is 4.39 Å². The second-order valence-corrected chi connectivity index (χ2v) is 7.81. The summed E-state index contributed by atoms with van der Waals surface area (Å²) >= 11 is 6.00. The van der Waals surface area contributed by atoms with E-state index in [1.165, 1.54) is 12.1 Å². The van der Waals surface area contributed by atoms with Crippen LogP contribution in [0.5, 0.6) is 0 Å². The molecule has 152 valence electrons. The van der Waals surface area contributed by atoms with Gasteiger partial charge >= 0.3 is 0 Å². The molecule has 2 atom stereocenters. The third kappa shape index (κ3) is 6.66. The van der Waals surface area contributed by atoms with Crippen LogP contribution in [0.1, 0.15) is 49.0 Å². The number of rotatable bonds is 10. The zero-order chi connectivity index (χ0) is 20.5. The Morgan fingerprint density at radius 1 is 1.00 bits per heavy atom. The molecule has 0 saturated carbocycles. The normalized spacial score (nSPS) is 13.2. The van der Waals surface area contributed by atoms with Gasteiger partial charge in [-0.15, -0.1) is 0 Å². The van der Waals surface area contributed by atoms with Gasteiger partial charge < -0.3 is 4.74 Å². The molecule has 0 spiro atoms. The lowest BCUT2D eigenvalue weighted by atomic mass is 9.86. The van der Waals surface area contributed by atoms with Gasteiger partial charge in [0, 0.05) is 17.4 Å². The molecule has 2 unspecified atom stereocenters. The largest absolute Gasteiger partial charge is 0.368 e. The summed E-state index contributed by atoms with van der Waals surface area (Å²) in [6.07, 6.45) is 7.69.